The molecule has 0 heterocycles. The molecule has 2 nitrogen and oxygen atoms in total. The normalized spacial score (nSPS) is 28.7. The van der Waals surface area contributed by atoms with Gasteiger partial charge < -0.3 is 5.11 Å². The van der Waals surface area contributed by atoms with Crippen LogP contribution in [0.3, 0.4) is 0 Å². The maximum absolute atomic E-state index is 10.4. The van der Waals surface area contributed by atoms with Gasteiger partial charge in [0.05, 0.1) is 6.42 Å². The predicted octanol–water partition coefficient (Wildman–Crippen LogP) is 3.31. The molecule has 1 N–H and O–H groups in total. The van der Waals surface area contributed by atoms with E-state index in [1.807, 2.05) is 11.8 Å². The van der Waals surface area contributed by atoms with E-state index in [1.54, 1.807) is 0 Å². The molecule has 0 radical (unpaired) electrons. The molecule has 1 spiro atoms. The van der Waals surface area contributed by atoms with Gasteiger partial charge in [-0.1, -0.05) is 19.3 Å². The first-order valence-corrected chi connectivity index (χ1v) is 7.11. The van der Waals surface area contributed by atoms with Crippen LogP contribution >= 0.6 is 11.8 Å². The highest BCUT2D eigenvalue weighted by Gasteiger charge is 2.46. The molecule has 0 amide bonds. The van der Waals surface area contributed by atoms with E-state index in [-0.39, 0.29) is 0 Å². The molecule has 0 bridgehead atoms. The van der Waals surface area contributed by atoms with E-state index in [1.165, 1.54) is 44.9 Å². The number of carboxylic acids is 1. The van der Waals surface area contributed by atoms with Crippen molar-refractivity contribution >= 4 is 17.7 Å². The van der Waals surface area contributed by atoms with Crippen molar-refractivity contribution in [3.63, 3.8) is 0 Å². The van der Waals surface area contributed by atoms with Crippen LogP contribution in [-0.2, 0) is 4.79 Å². The van der Waals surface area contributed by atoms with Crippen molar-refractivity contribution in [3.8, 4) is 0 Å². The van der Waals surface area contributed by atoms with Gasteiger partial charge in [0.2, 0.25) is 0 Å². The molecule has 2 saturated carbocycles. The third-order valence-electron chi connectivity index (χ3n) is 4.07. The fraction of sp³-hybridized carbons (Fsp3) is 0.917. The average molecular weight is 228 g/mol. The van der Waals surface area contributed by atoms with Crippen LogP contribution in [0.4, 0.5) is 0 Å². The largest absolute Gasteiger partial charge is 0.481 e. The van der Waals surface area contributed by atoms with Crippen LogP contribution in [0.2, 0.25) is 0 Å². The van der Waals surface area contributed by atoms with Gasteiger partial charge in [-0.3, -0.25) is 4.79 Å². The van der Waals surface area contributed by atoms with E-state index in [0.29, 0.717) is 11.8 Å². The van der Waals surface area contributed by atoms with Gasteiger partial charge >= 0.3 is 5.97 Å². The summed E-state index contributed by atoms with van der Waals surface area (Å²) in [6.45, 7) is 0. The molecule has 2 aliphatic carbocycles. The number of hydrogen-bond acceptors (Lipinski definition) is 2. The minimum atomic E-state index is -0.653. The molecule has 2 rings (SSSR count). The number of carboxylic acid groups (broad SMARTS) is 1. The topological polar surface area (TPSA) is 37.3 Å². The summed E-state index contributed by atoms with van der Waals surface area (Å²) in [7, 11) is 0. The number of thioether (sulfide) groups is 1. The Labute approximate surface area is 95.8 Å². The Morgan fingerprint density at radius 2 is 2.00 bits per heavy atom. The predicted molar refractivity (Wildman–Crippen MR) is 63.3 cm³/mol. The Morgan fingerprint density at radius 1 is 1.27 bits per heavy atom. The summed E-state index contributed by atoms with van der Waals surface area (Å²) in [5.74, 6) is 0.154. The zero-order valence-electron chi connectivity index (χ0n) is 9.21. The summed E-state index contributed by atoms with van der Waals surface area (Å²) in [5, 5.41) is 9.38. The summed E-state index contributed by atoms with van der Waals surface area (Å²) >= 11 is 1.92. The molecule has 0 aliphatic heterocycles. The lowest BCUT2D eigenvalue weighted by molar-refractivity contribution is -0.136. The molecule has 15 heavy (non-hydrogen) atoms. The number of hydrogen-bond donors (Lipinski definition) is 1. The fourth-order valence-electron chi connectivity index (χ4n) is 3.05. The minimum Gasteiger partial charge on any atom is -0.481 e. The molecule has 2 aliphatic rings. The maximum Gasteiger partial charge on any atom is 0.304 e. The first-order chi connectivity index (χ1) is 7.23. The standard InChI is InChI=1S/C12H20O2S/c13-11(14)5-9-15-10-4-8-12(10)6-2-1-3-7-12/h10H,1-9H2,(H,13,14). The Bertz CT molecular complexity index is 234. The molecule has 1 unspecified atom stereocenters. The highest BCUT2D eigenvalue weighted by atomic mass is 32.2. The van der Waals surface area contributed by atoms with Crippen molar-refractivity contribution in [2.45, 2.75) is 56.6 Å². The molecule has 1 atom stereocenters. The Balaban J connectivity index is 1.75. The third kappa shape index (κ3) is 2.49. The van der Waals surface area contributed by atoms with Gasteiger partial charge in [-0.25, -0.2) is 0 Å². The van der Waals surface area contributed by atoms with Crippen LogP contribution in [0.5, 0.6) is 0 Å². The van der Waals surface area contributed by atoms with Crippen LogP contribution in [0.1, 0.15) is 51.4 Å². The summed E-state index contributed by atoms with van der Waals surface area (Å²) in [6, 6.07) is 0. The molecule has 0 aromatic heterocycles. The summed E-state index contributed by atoms with van der Waals surface area (Å²) < 4.78 is 0. The molecule has 86 valence electrons. The third-order valence-corrected chi connectivity index (χ3v) is 5.65. The van der Waals surface area contributed by atoms with Crippen molar-refractivity contribution < 1.29 is 9.90 Å². The molecule has 0 aromatic carbocycles. The molecule has 0 saturated heterocycles. The summed E-state index contributed by atoms with van der Waals surface area (Å²) in [5.41, 5.74) is 0.626. The monoisotopic (exact) mass is 228 g/mol. The van der Waals surface area contributed by atoms with Gasteiger partial charge in [0, 0.05) is 11.0 Å². The lowest BCUT2D eigenvalue weighted by atomic mass is 9.60. The average Bonchev–Trinajstić information content (AvgIpc) is 2.24. The van der Waals surface area contributed by atoms with Gasteiger partial charge in [-0.2, -0.15) is 11.8 Å². The van der Waals surface area contributed by atoms with Crippen LogP contribution < -0.4 is 0 Å². The lowest BCUT2D eigenvalue weighted by Gasteiger charge is -2.52. The minimum absolute atomic E-state index is 0.331. The number of aliphatic carboxylic acids is 1. The quantitative estimate of drug-likeness (QED) is 0.802. The van der Waals surface area contributed by atoms with Crippen molar-refractivity contribution in [1.82, 2.24) is 0 Å². The number of rotatable bonds is 4. The molecule has 0 aromatic rings. The SMILES string of the molecule is O=C(O)CCSC1CCC12CCCCC2. The Morgan fingerprint density at radius 3 is 2.53 bits per heavy atom. The molecule has 2 fully saturated rings. The van der Waals surface area contributed by atoms with Crippen molar-refractivity contribution in [3.05, 3.63) is 0 Å². The second-order valence-corrected chi connectivity index (χ2v) is 6.28. The first-order valence-electron chi connectivity index (χ1n) is 6.06. The smallest absolute Gasteiger partial charge is 0.304 e. The van der Waals surface area contributed by atoms with E-state index in [2.05, 4.69) is 0 Å². The van der Waals surface area contributed by atoms with Crippen LogP contribution in [0.25, 0.3) is 0 Å². The summed E-state index contributed by atoms with van der Waals surface area (Å²) in [4.78, 5) is 10.4. The highest BCUT2D eigenvalue weighted by Crippen LogP contribution is 2.56. The Hall–Kier alpha value is -0.180. The van der Waals surface area contributed by atoms with Gasteiger partial charge in [0.1, 0.15) is 0 Å². The van der Waals surface area contributed by atoms with E-state index < -0.39 is 5.97 Å². The molecular weight excluding hydrogens is 208 g/mol. The van der Waals surface area contributed by atoms with Gasteiger partial charge in [0.15, 0.2) is 0 Å². The molecular formula is C12H20O2S. The van der Waals surface area contributed by atoms with E-state index in [4.69, 9.17) is 5.11 Å². The van der Waals surface area contributed by atoms with Gasteiger partial charge in [-0.15, -0.1) is 0 Å². The second kappa shape index (κ2) is 4.77. The fourth-order valence-corrected chi connectivity index (χ4v) is 4.62. The first kappa shape index (κ1) is 11.3. The molecule has 3 heteroatoms. The second-order valence-electron chi connectivity index (χ2n) is 4.96. The Kier molecular flexibility index (Phi) is 3.60. The van der Waals surface area contributed by atoms with Crippen molar-refractivity contribution in [2.24, 2.45) is 5.41 Å². The van der Waals surface area contributed by atoms with Crippen molar-refractivity contribution in [2.75, 3.05) is 5.75 Å². The zero-order valence-corrected chi connectivity index (χ0v) is 10.0. The van der Waals surface area contributed by atoms with E-state index in [9.17, 15) is 4.79 Å². The zero-order chi connectivity index (χ0) is 10.7. The van der Waals surface area contributed by atoms with Crippen molar-refractivity contribution in [1.29, 1.82) is 0 Å². The van der Waals surface area contributed by atoms with Crippen LogP contribution in [0.15, 0.2) is 0 Å². The van der Waals surface area contributed by atoms with Gasteiger partial charge in [0.25, 0.3) is 0 Å². The highest BCUT2D eigenvalue weighted by molar-refractivity contribution is 8.00. The van der Waals surface area contributed by atoms with E-state index >= 15 is 0 Å². The number of carbonyl (C=O) groups is 1. The maximum atomic E-state index is 10.4. The lowest BCUT2D eigenvalue weighted by Crippen LogP contribution is -2.44. The van der Waals surface area contributed by atoms with Gasteiger partial charge in [-0.05, 0) is 31.1 Å². The van der Waals surface area contributed by atoms with E-state index in [0.717, 1.165) is 11.0 Å². The van der Waals surface area contributed by atoms with Crippen LogP contribution in [-0.4, -0.2) is 22.1 Å². The van der Waals surface area contributed by atoms with Crippen LogP contribution in [0, 0.1) is 5.41 Å². The summed E-state index contributed by atoms with van der Waals surface area (Å²) in [6.07, 6.45) is 10.1.